The largest absolute Gasteiger partial charge is 3.00 e. The fourth-order valence-electron chi connectivity index (χ4n) is 1.02. The topological polar surface area (TPSA) is 0 Å². The van der Waals surface area contributed by atoms with Gasteiger partial charge < -0.3 is 0 Å². The second kappa shape index (κ2) is 12.0. The first kappa shape index (κ1) is 15.0. The molecule has 0 aromatic carbocycles. The molecule has 0 heterocycles. The third-order valence-corrected chi connectivity index (χ3v) is 1.76. The Kier molecular flexibility index (Phi) is 11.3. The van der Waals surface area contributed by atoms with Gasteiger partial charge in [0, 0.05) is 0 Å². The maximum Gasteiger partial charge on any atom is 3.00 e. The molecule has 0 aromatic heterocycles. The molecule has 0 fully saturated rings. The standard InChI is InChI=1S/3C5H5.Cr/c3*1-2-4-5-3-1;/h3*1-3H,4H2;/q3*-1;+3. The molecule has 81 valence electrons. The summed E-state index contributed by atoms with van der Waals surface area (Å²) in [5, 5.41) is 0. The molecule has 3 aliphatic carbocycles. The molecule has 3 rings (SSSR count). The van der Waals surface area contributed by atoms with Crippen LogP contribution >= 0.6 is 0 Å². The van der Waals surface area contributed by atoms with Gasteiger partial charge in [-0.2, -0.15) is 18.2 Å². The van der Waals surface area contributed by atoms with Crippen LogP contribution < -0.4 is 0 Å². The first-order valence-corrected chi connectivity index (χ1v) is 5.15. The zero-order valence-electron chi connectivity index (χ0n) is 9.23. The van der Waals surface area contributed by atoms with E-state index in [2.05, 4.69) is 36.5 Å². The Hall–Kier alpha value is -1.03. The van der Waals surface area contributed by atoms with Crippen molar-refractivity contribution in [3.8, 4) is 0 Å². The number of hydrogen-bond donors (Lipinski definition) is 0. The molecule has 0 saturated heterocycles. The second-order valence-corrected chi connectivity index (χ2v) is 3.01. The van der Waals surface area contributed by atoms with Crippen molar-refractivity contribution < 1.29 is 17.4 Å². The smallest absolute Gasteiger partial charge is 0.273 e. The second-order valence-electron chi connectivity index (χ2n) is 3.01. The van der Waals surface area contributed by atoms with Crippen molar-refractivity contribution in [1.82, 2.24) is 0 Å². The van der Waals surface area contributed by atoms with Crippen LogP contribution in [0.1, 0.15) is 19.3 Å². The summed E-state index contributed by atoms with van der Waals surface area (Å²) >= 11 is 0. The van der Waals surface area contributed by atoms with Crippen LogP contribution in [0.5, 0.6) is 0 Å². The molecular weight excluding hydrogens is 232 g/mol. The molecule has 0 N–H and O–H groups in total. The van der Waals surface area contributed by atoms with Gasteiger partial charge in [0.25, 0.3) is 0 Å². The van der Waals surface area contributed by atoms with Crippen LogP contribution in [-0.2, 0) is 17.4 Å². The first-order chi connectivity index (χ1) is 7.50. The minimum absolute atomic E-state index is 0. The Balaban J connectivity index is 0.000000205. The van der Waals surface area contributed by atoms with E-state index in [1.807, 2.05) is 36.5 Å². The third kappa shape index (κ3) is 9.52. The van der Waals surface area contributed by atoms with Crippen LogP contribution in [0.4, 0.5) is 0 Å². The summed E-state index contributed by atoms with van der Waals surface area (Å²) in [5.74, 6) is 0. The average molecular weight is 247 g/mol. The zero-order chi connectivity index (χ0) is 10.6. The van der Waals surface area contributed by atoms with E-state index in [0.717, 1.165) is 19.3 Å². The van der Waals surface area contributed by atoms with Crippen molar-refractivity contribution in [3.05, 3.63) is 72.9 Å². The van der Waals surface area contributed by atoms with Gasteiger partial charge in [0.1, 0.15) is 0 Å². The predicted octanol–water partition coefficient (Wildman–Crippen LogP) is 3.91. The van der Waals surface area contributed by atoms with Crippen LogP contribution in [-0.4, -0.2) is 0 Å². The van der Waals surface area contributed by atoms with Crippen molar-refractivity contribution in [2.45, 2.75) is 19.3 Å². The van der Waals surface area contributed by atoms with Crippen LogP contribution in [0.2, 0.25) is 0 Å². The molecule has 0 aliphatic heterocycles. The van der Waals surface area contributed by atoms with Crippen LogP contribution in [0.3, 0.4) is 0 Å². The third-order valence-electron chi connectivity index (χ3n) is 1.76. The fraction of sp³-hybridized carbons (Fsp3) is 0.200. The van der Waals surface area contributed by atoms with Crippen LogP contribution in [0, 0.1) is 18.2 Å². The van der Waals surface area contributed by atoms with Crippen LogP contribution in [0.25, 0.3) is 0 Å². The van der Waals surface area contributed by atoms with E-state index in [1.54, 1.807) is 0 Å². The zero-order valence-corrected chi connectivity index (χ0v) is 10.5. The van der Waals surface area contributed by atoms with Gasteiger partial charge in [0.2, 0.25) is 0 Å². The van der Waals surface area contributed by atoms with Gasteiger partial charge in [-0.3, -0.25) is 18.2 Å². The molecule has 0 saturated carbocycles. The molecular formula is C15H15Cr. The molecule has 1 heteroatoms. The van der Waals surface area contributed by atoms with E-state index in [4.69, 9.17) is 0 Å². The minimum Gasteiger partial charge on any atom is -0.273 e. The van der Waals surface area contributed by atoms with E-state index >= 15 is 0 Å². The molecule has 0 amide bonds. The molecule has 0 nitrogen and oxygen atoms in total. The number of hydrogen-bond acceptors (Lipinski definition) is 0. The molecule has 16 heavy (non-hydrogen) atoms. The maximum atomic E-state index is 2.99. The predicted molar refractivity (Wildman–Crippen MR) is 64.7 cm³/mol. The van der Waals surface area contributed by atoms with Crippen molar-refractivity contribution >= 4 is 0 Å². The Morgan fingerprint density at radius 2 is 0.875 bits per heavy atom. The van der Waals surface area contributed by atoms with Crippen molar-refractivity contribution in [2.75, 3.05) is 0 Å². The maximum absolute atomic E-state index is 2.99. The number of allylic oxidation sites excluding steroid dienone is 12. The van der Waals surface area contributed by atoms with Gasteiger partial charge in [-0.15, -0.1) is 19.3 Å². The molecule has 0 atom stereocenters. The summed E-state index contributed by atoms with van der Waals surface area (Å²) in [5.41, 5.74) is 0. The van der Waals surface area contributed by atoms with Gasteiger partial charge in [-0.25, -0.2) is 36.5 Å². The first-order valence-electron chi connectivity index (χ1n) is 5.15. The normalized spacial score (nSPS) is 16.5. The molecule has 1 radical (unpaired) electrons. The summed E-state index contributed by atoms with van der Waals surface area (Å²) in [7, 11) is 0. The van der Waals surface area contributed by atoms with Crippen molar-refractivity contribution in [2.24, 2.45) is 0 Å². The summed E-state index contributed by atoms with van der Waals surface area (Å²) < 4.78 is 0. The Bertz CT molecular complexity index is 232. The van der Waals surface area contributed by atoms with E-state index in [-0.39, 0.29) is 17.4 Å². The summed E-state index contributed by atoms with van der Waals surface area (Å²) in [4.78, 5) is 0. The minimum atomic E-state index is 0. The molecule has 0 spiro atoms. The van der Waals surface area contributed by atoms with E-state index in [0.29, 0.717) is 0 Å². The Morgan fingerprint density at radius 3 is 0.938 bits per heavy atom. The van der Waals surface area contributed by atoms with Gasteiger partial charge in [0.05, 0.1) is 0 Å². The van der Waals surface area contributed by atoms with E-state index < -0.39 is 0 Å². The number of rotatable bonds is 0. The molecule has 3 aliphatic rings. The van der Waals surface area contributed by atoms with Crippen LogP contribution in [0.15, 0.2) is 54.7 Å². The molecule has 0 unspecified atom stereocenters. The molecule has 0 aromatic rings. The van der Waals surface area contributed by atoms with Gasteiger partial charge in [-0.1, -0.05) is 0 Å². The monoisotopic (exact) mass is 247 g/mol. The van der Waals surface area contributed by atoms with E-state index in [1.165, 1.54) is 0 Å². The summed E-state index contributed by atoms with van der Waals surface area (Å²) in [6.45, 7) is 0. The van der Waals surface area contributed by atoms with E-state index in [9.17, 15) is 0 Å². The van der Waals surface area contributed by atoms with Gasteiger partial charge in [0.15, 0.2) is 0 Å². The van der Waals surface area contributed by atoms with Gasteiger partial charge >= 0.3 is 17.4 Å². The van der Waals surface area contributed by atoms with Crippen molar-refractivity contribution in [1.29, 1.82) is 0 Å². The molecule has 0 bridgehead atoms. The quantitative estimate of drug-likeness (QED) is 0.569. The SMILES string of the molecule is [C-]1=CC=CC1.[C-]1=CC=CC1.[C-]1=CC=CC1.[Cr+3]. The Morgan fingerprint density at radius 1 is 0.562 bits per heavy atom. The average Bonchev–Trinajstić information content (AvgIpc) is 3.09. The fourth-order valence-corrected chi connectivity index (χ4v) is 1.02. The Labute approximate surface area is 110 Å². The van der Waals surface area contributed by atoms with Gasteiger partial charge in [-0.05, 0) is 0 Å². The van der Waals surface area contributed by atoms with Crippen molar-refractivity contribution in [3.63, 3.8) is 0 Å². The summed E-state index contributed by atoms with van der Waals surface area (Å²) in [6.07, 6.45) is 30.0. The summed E-state index contributed by atoms with van der Waals surface area (Å²) in [6, 6.07) is 0.